The summed E-state index contributed by atoms with van der Waals surface area (Å²) in [6.45, 7) is 2.78. The molecule has 2 aromatic rings. The Kier molecular flexibility index (Phi) is 3.87. The summed E-state index contributed by atoms with van der Waals surface area (Å²) in [6, 6.07) is 0. The Balaban J connectivity index is 1.81. The molecule has 0 aliphatic rings. The molecule has 0 atom stereocenters. The number of hydrogen-bond acceptors (Lipinski definition) is 6. The highest BCUT2D eigenvalue weighted by molar-refractivity contribution is 7.09. The highest BCUT2D eigenvalue weighted by Crippen LogP contribution is 2.09. The van der Waals surface area contributed by atoms with Crippen LogP contribution in [0, 0.1) is 6.92 Å². The van der Waals surface area contributed by atoms with Crippen LogP contribution in [0.1, 0.15) is 10.7 Å². The molecular weight excluding hydrogens is 236 g/mol. The summed E-state index contributed by atoms with van der Waals surface area (Å²) >= 11 is 1.67. The molecule has 2 heterocycles. The smallest absolute Gasteiger partial charge is 0.222 e. The zero-order valence-electron chi connectivity index (χ0n) is 9.80. The maximum atomic E-state index is 4.98. The van der Waals surface area contributed by atoms with Crippen molar-refractivity contribution in [2.45, 2.75) is 13.3 Å². The third-order valence-corrected chi connectivity index (χ3v) is 3.02. The average molecular weight is 250 g/mol. The van der Waals surface area contributed by atoms with Gasteiger partial charge in [-0.2, -0.15) is 0 Å². The summed E-state index contributed by atoms with van der Waals surface area (Å²) in [7, 11) is 1.59. The molecule has 2 rings (SSSR count). The van der Waals surface area contributed by atoms with Crippen LogP contribution >= 0.6 is 11.3 Å². The molecule has 5 nitrogen and oxygen atoms in total. The van der Waals surface area contributed by atoms with E-state index in [1.54, 1.807) is 30.8 Å². The first-order valence-electron chi connectivity index (χ1n) is 5.29. The van der Waals surface area contributed by atoms with Gasteiger partial charge in [-0.15, -0.1) is 11.3 Å². The summed E-state index contributed by atoms with van der Waals surface area (Å²) in [5.41, 5.74) is 1.11. The maximum Gasteiger partial charge on any atom is 0.222 e. The SMILES string of the molecule is COc1cnc(NCCc2csc(C)n2)nc1. The molecule has 0 saturated heterocycles. The molecule has 1 N–H and O–H groups in total. The van der Waals surface area contributed by atoms with E-state index < -0.39 is 0 Å². The van der Waals surface area contributed by atoms with E-state index in [9.17, 15) is 0 Å². The first kappa shape index (κ1) is 11.8. The van der Waals surface area contributed by atoms with Gasteiger partial charge < -0.3 is 10.1 Å². The van der Waals surface area contributed by atoms with Crippen molar-refractivity contribution in [2.24, 2.45) is 0 Å². The standard InChI is InChI=1S/C11H14N4OS/c1-8-15-9(7-17-8)3-4-12-11-13-5-10(16-2)6-14-11/h5-7H,3-4H2,1-2H3,(H,12,13,14). The van der Waals surface area contributed by atoms with Crippen LogP contribution in [0.4, 0.5) is 5.95 Å². The van der Waals surface area contributed by atoms with Crippen LogP contribution in [0.15, 0.2) is 17.8 Å². The minimum atomic E-state index is 0.609. The number of anilines is 1. The van der Waals surface area contributed by atoms with Gasteiger partial charge in [0.15, 0.2) is 5.75 Å². The van der Waals surface area contributed by atoms with E-state index in [0.717, 1.165) is 23.7 Å². The maximum absolute atomic E-state index is 4.98. The van der Waals surface area contributed by atoms with E-state index in [1.807, 2.05) is 6.92 Å². The van der Waals surface area contributed by atoms with Gasteiger partial charge in [0.2, 0.25) is 5.95 Å². The van der Waals surface area contributed by atoms with Gasteiger partial charge in [0.25, 0.3) is 0 Å². The second-order valence-corrected chi connectivity index (χ2v) is 4.54. The fourth-order valence-corrected chi connectivity index (χ4v) is 1.99. The third-order valence-electron chi connectivity index (χ3n) is 2.19. The predicted molar refractivity (Wildman–Crippen MR) is 67.6 cm³/mol. The van der Waals surface area contributed by atoms with Crippen molar-refractivity contribution in [1.82, 2.24) is 15.0 Å². The van der Waals surface area contributed by atoms with Crippen LogP contribution in [0.2, 0.25) is 0 Å². The molecule has 0 aliphatic heterocycles. The number of aryl methyl sites for hydroxylation is 1. The van der Waals surface area contributed by atoms with Crippen LogP contribution in [0.25, 0.3) is 0 Å². The Bertz CT molecular complexity index is 469. The number of nitrogens with zero attached hydrogens (tertiary/aromatic N) is 3. The van der Waals surface area contributed by atoms with E-state index in [1.165, 1.54) is 0 Å². The van der Waals surface area contributed by atoms with Crippen molar-refractivity contribution >= 4 is 17.3 Å². The normalized spacial score (nSPS) is 10.2. The monoisotopic (exact) mass is 250 g/mol. The summed E-state index contributed by atoms with van der Waals surface area (Å²) in [4.78, 5) is 12.6. The number of methoxy groups -OCH3 is 1. The molecule has 0 radical (unpaired) electrons. The van der Waals surface area contributed by atoms with E-state index in [0.29, 0.717) is 11.7 Å². The van der Waals surface area contributed by atoms with Crippen LogP contribution < -0.4 is 10.1 Å². The first-order valence-corrected chi connectivity index (χ1v) is 6.17. The number of ether oxygens (including phenoxy) is 1. The molecule has 0 spiro atoms. The highest BCUT2D eigenvalue weighted by atomic mass is 32.1. The quantitative estimate of drug-likeness (QED) is 0.878. The number of hydrogen-bond donors (Lipinski definition) is 1. The van der Waals surface area contributed by atoms with Gasteiger partial charge >= 0.3 is 0 Å². The molecule has 0 amide bonds. The largest absolute Gasteiger partial charge is 0.494 e. The van der Waals surface area contributed by atoms with Crippen molar-refractivity contribution in [3.05, 3.63) is 28.5 Å². The molecule has 0 aliphatic carbocycles. The highest BCUT2D eigenvalue weighted by Gasteiger charge is 2.00. The molecule has 0 aromatic carbocycles. The van der Waals surface area contributed by atoms with Crippen molar-refractivity contribution in [2.75, 3.05) is 19.0 Å². The van der Waals surface area contributed by atoms with Gasteiger partial charge in [-0.1, -0.05) is 0 Å². The van der Waals surface area contributed by atoms with Gasteiger partial charge in [-0.05, 0) is 6.92 Å². The van der Waals surface area contributed by atoms with Gasteiger partial charge in [-0.25, -0.2) is 15.0 Å². The third kappa shape index (κ3) is 3.39. The number of aromatic nitrogens is 3. The van der Waals surface area contributed by atoms with Crippen LogP contribution in [0.5, 0.6) is 5.75 Å². The number of rotatable bonds is 5. The van der Waals surface area contributed by atoms with Gasteiger partial charge in [0, 0.05) is 18.3 Å². The predicted octanol–water partition coefficient (Wildman–Crippen LogP) is 1.90. The lowest BCUT2D eigenvalue weighted by Crippen LogP contribution is -2.08. The van der Waals surface area contributed by atoms with Crippen LogP contribution in [0.3, 0.4) is 0 Å². The van der Waals surface area contributed by atoms with Gasteiger partial charge in [0.1, 0.15) is 0 Å². The lowest BCUT2D eigenvalue weighted by Gasteiger charge is -2.03. The minimum Gasteiger partial charge on any atom is -0.494 e. The molecule has 0 bridgehead atoms. The number of thiazole rings is 1. The van der Waals surface area contributed by atoms with Gasteiger partial charge in [0.05, 0.1) is 30.2 Å². The Labute approximate surface area is 104 Å². The molecule has 2 aromatic heterocycles. The molecule has 0 fully saturated rings. The molecule has 0 unspecified atom stereocenters. The Morgan fingerprint density at radius 2 is 2.12 bits per heavy atom. The van der Waals surface area contributed by atoms with E-state index in [2.05, 4.69) is 25.6 Å². The Morgan fingerprint density at radius 1 is 1.35 bits per heavy atom. The fourth-order valence-electron chi connectivity index (χ4n) is 1.34. The first-order chi connectivity index (χ1) is 8.28. The van der Waals surface area contributed by atoms with Gasteiger partial charge in [-0.3, -0.25) is 0 Å². The molecule has 17 heavy (non-hydrogen) atoms. The van der Waals surface area contributed by atoms with E-state index in [-0.39, 0.29) is 0 Å². The molecule has 90 valence electrons. The second kappa shape index (κ2) is 5.58. The molecular formula is C11H14N4OS. The topological polar surface area (TPSA) is 59.9 Å². The minimum absolute atomic E-state index is 0.609. The number of nitrogens with one attached hydrogen (secondary N) is 1. The fraction of sp³-hybridized carbons (Fsp3) is 0.364. The lowest BCUT2D eigenvalue weighted by molar-refractivity contribution is 0.411. The Morgan fingerprint density at radius 3 is 2.71 bits per heavy atom. The molecule has 6 heteroatoms. The second-order valence-electron chi connectivity index (χ2n) is 3.48. The summed E-state index contributed by atoms with van der Waals surface area (Å²) in [5, 5.41) is 6.31. The zero-order valence-corrected chi connectivity index (χ0v) is 10.6. The van der Waals surface area contributed by atoms with Crippen LogP contribution in [-0.2, 0) is 6.42 Å². The Hall–Kier alpha value is -1.69. The summed E-state index contributed by atoms with van der Waals surface area (Å²) < 4.78 is 4.98. The van der Waals surface area contributed by atoms with Crippen molar-refractivity contribution in [1.29, 1.82) is 0 Å². The van der Waals surface area contributed by atoms with Crippen molar-refractivity contribution < 1.29 is 4.74 Å². The van der Waals surface area contributed by atoms with Crippen molar-refractivity contribution in [3.8, 4) is 5.75 Å². The summed E-state index contributed by atoms with van der Waals surface area (Å²) in [5.74, 6) is 1.27. The van der Waals surface area contributed by atoms with E-state index in [4.69, 9.17) is 4.74 Å². The van der Waals surface area contributed by atoms with E-state index >= 15 is 0 Å². The van der Waals surface area contributed by atoms with Crippen molar-refractivity contribution in [3.63, 3.8) is 0 Å². The zero-order chi connectivity index (χ0) is 12.1. The summed E-state index contributed by atoms with van der Waals surface area (Å²) in [6.07, 6.45) is 4.16. The molecule has 0 saturated carbocycles. The lowest BCUT2D eigenvalue weighted by atomic mass is 10.3. The van der Waals surface area contributed by atoms with Crippen LogP contribution in [-0.4, -0.2) is 28.6 Å². The average Bonchev–Trinajstić information content (AvgIpc) is 2.76.